The van der Waals surface area contributed by atoms with Crippen LogP contribution in [0.1, 0.15) is 22.3 Å². The van der Waals surface area contributed by atoms with Crippen LogP contribution in [0.25, 0.3) is 0 Å². The standard InChI is InChI=1S/C13H16INO3/c1-9-3-2-4-10(11(9)14)12(16)15-7-13(17)5-6-18-8-13/h2-4,17H,5-8H2,1H3,(H,15,16). The van der Waals surface area contributed by atoms with Crippen molar-refractivity contribution < 1.29 is 14.6 Å². The summed E-state index contributed by atoms with van der Waals surface area (Å²) in [6.07, 6.45) is 0.568. The summed E-state index contributed by atoms with van der Waals surface area (Å²) in [5.74, 6) is -0.150. The molecule has 1 atom stereocenters. The van der Waals surface area contributed by atoms with Gasteiger partial charge in [-0.05, 0) is 41.1 Å². The van der Waals surface area contributed by atoms with Crippen molar-refractivity contribution in [2.75, 3.05) is 19.8 Å². The number of hydrogen-bond acceptors (Lipinski definition) is 3. The molecule has 18 heavy (non-hydrogen) atoms. The second-order valence-corrected chi connectivity index (χ2v) is 5.72. The van der Waals surface area contributed by atoms with E-state index >= 15 is 0 Å². The molecule has 1 aliphatic heterocycles. The van der Waals surface area contributed by atoms with Crippen LogP contribution in [0, 0.1) is 10.5 Å². The van der Waals surface area contributed by atoms with Crippen molar-refractivity contribution in [3.8, 4) is 0 Å². The number of aryl methyl sites for hydroxylation is 1. The summed E-state index contributed by atoms with van der Waals surface area (Å²) in [5, 5.41) is 12.8. The Morgan fingerprint density at radius 2 is 2.39 bits per heavy atom. The van der Waals surface area contributed by atoms with Crippen LogP contribution < -0.4 is 5.32 Å². The highest BCUT2D eigenvalue weighted by molar-refractivity contribution is 14.1. The summed E-state index contributed by atoms with van der Waals surface area (Å²) < 4.78 is 6.08. The smallest absolute Gasteiger partial charge is 0.252 e. The average molecular weight is 361 g/mol. The Hall–Kier alpha value is -0.660. The summed E-state index contributed by atoms with van der Waals surface area (Å²) in [4.78, 5) is 12.0. The molecule has 5 heteroatoms. The first-order valence-electron chi connectivity index (χ1n) is 5.85. The van der Waals surface area contributed by atoms with Gasteiger partial charge in [0.05, 0.1) is 12.2 Å². The number of nitrogens with one attached hydrogen (secondary N) is 1. The molecule has 1 unspecified atom stereocenters. The van der Waals surface area contributed by atoms with Gasteiger partial charge in [-0.15, -0.1) is 0 Å². The molecular weight excluding hydrogens is 345 g/mol. The summed E-state index contributed by atoms with van der Waals surface area (Å²) >= 11 is 2.16. The molecule has 0 aromatic heterocycles. The minimum absolute atomic E-state index is 0.150. The van der Waals surface area contributed by atoms with Gasteiger partial charge in [0.1, 0.15) is 5.60 Å². The van der Waals surface area contributed by atoms with Crippen molar-refractivity contribution in [1.82, 2.24) is 5.32 Å². The molecule has 2 rings (SSSR count). The van der Waals surface area contributed by atoms with Crippen molar-refractivity contribution in [2.24, 2.45) is 0 Å². The number of carbonyl (C=O) groups is 1. The van der Waals surface area contributed by atoms with Gasteiger partial charge in [-0.1, -0.05) is 12.1 Å². The van der Waals surface area contributed by atoms with Crippen LogP contribution in [0.2, 0.25) is 0 Å². The fourth-order valence-corrected chi connectivity index (χ4v) is 2.50. The fraction of sp³-hybridized carbons (Fsp3) is 0.462. The maximum Gasteiger partial charge on any atom is 0.252 e. The summed E-state index contributed by atoms with van der Waals surface area (Å²) in [5.41, 5.74) is 0.814. The van der Waals surface area contributed by atoms with E-state index in [1.54, 1.807) is 6.07 Å². The molecule has 0 radical (unpaired) electrons. The molecule has 0 aliphatic carbocycles. The van der Waals surface area contributed by atoms with Crippen LogP contribution in [0.4, 0.5) is 0 Å². The zero-order chi connectivity index (χ0) is 13.2. The Balaban J connectivity index is 2.01. The van der Waals surface area contributed by atoms with E-state index in [1.807, 2.05) is 19.1 Å². The number of hydrogen-bond donors (Lipinski definition) is 2. The normalized spacial score (nSPS) is 23.1. The van der Waals surface area contributed by atoms with Gasteiger partial charge in [0.15, 0.2) is 0 Å². The molecule has 1 aromatic carbocycles. The van der Waals surface area contributed by atoms with E-state index in [0.29, 0.717) is 18.6 Å². The number of amides is 1. The topological polar surface area (TPSA) is 58.6 Å². The van der Waals surface area contributed by atoms with Crippen LogP contribution in [-0.2, 0) is 4.74 Å². The SMILES string of the molecule is Cc1cccc(C(=O)NCC2(O)CCOC2)c1I. The Bertz CT molecular complexity index is 456. The van der Waals surface area contributed by atoms with Gasteiger partial charge < -0.3 is 15.2 Å². The highest BCUT2D eigenvalue weighted by Gasteiger charge is 2.32. The van der Waals surface area contributed by atoms with E-state index in [0.717, 1.165) is 9.13 Å². The molecule has 1 fully saturated rings. The first-order chi connectivity index (χ1) is 8.52. The Kier molecular flexibility index (Phi) is 4.24. The van der Waals surface area contributed by atoms with Gasteiger partial charge in [0, 0.05) is 23.1 Å². The van der Waals surface area contributed by atoms with Gasteiger partial charge in [-0.3, -0.25) is 4.79 Å². The monoisotopic (exact) mass is 361 g/mol. The Morgan fingerprint density at radius 3 is 3.06 bits per heavy atom. The maximum atomic E-state index is 12.0. The lowest BCUT2D eigenvalue weighted by molar-refractivity contribution is 0.0264. The second kappa shape index (κ2) is 5.54. The highest BCUT2D eigenvalue weighted by Crippen LogP contribution is 2.19. The van der Waals surface area contributed by atoms with E-state index < -0.39 is 5.60 Å². The van der Waals surface area contributed by atoms with E-state index in [9.17, 15) is 9.90 Å². The lowest BCUT2D eigenvalue weighted by atomic mass is 10.0. The zero-order valence-electron chi connectivity index (χ0n) is 10.2. The number of ether oxygens (including phenoxy) is 1. The van der Waals surface area contributed by atoms with Crippen LogP contribution >= 0.6 is 22.6 Å². The first kappa shape index (κ1) is 13.8. The molecule has 0 bridgehead atoms. The van der Waals surface area contributed by atoms with E-state index in [1.165, 1.54) is 0 Å². The lowest BCUT2D eigenvalue weighted by Gasteiger charge is -2.20. The number of carbonyl (C=O) groups excluding carboxylic acids is 1. The third kappa shape index (κ3) is 3.02. The van der Waals surface area contributed by atoms with Crippen LogP contribution in [0.3, 0.4) is 0 Å². The molecule has 1 aliphatic rings. The van der Waals surface area contributed by atoms with Crippen LogP contribution in [-0.4, -0.2) is 36.4 Å². The van der Waals surface area contributed by atoms with E-state index in [2.05, 4.69) is 27.9 Å². The zero-order valence-corrected chi connectivity index (χ0v) is 12.4. The molecule has 4 nitrogen and oxygen atoms in total. The molecular formula is C13H16INO3. The predicted octanol–water partition coefficient (Wildman–Crippen LogP) is 1.48. The van der Waals surface area contributed by atoms with Crippen molar-refractivity contribution in [3.63, 3.8) is 0 Å². The van der Waals surface area contributed by atoms with Crippen molar-refractivity contribution in [3.05, 3.63) is 32.9 Å². The number of rotatable bonds is 3. The molecule has 1 saturated heterocycles. The lowest BCUT2D eigenvalue weighted by Crippen LogP contribution is -2.43. The minimum atomic E-state index is -0.912. The Morgan fingerprint density at radius 1 is 1.61 bits per heavy atom. The van der Waals surface area contributed by atoms with Gasteiger partial charge in [-0.25, -0.2) is 0 Å². The van der Waals surface area contributed by atoms with Gasteiger partial charge in [0.2, 0.25) is 0 Å². The predicted molar refractivity (Wildman–Crippen MR) is 76.6 cm³/mol. The fourth-order valence-electron chi connectivity index (χ4n) is 1.90. The van der Waals surface area contributed by atoms with Gasteiger partial charge >= 0.3 is 0 Å². The number of benzene rings is 1. The number of halogens is 1. The van der Waals surface area contributed by atoms with Crippen molar-refractivity contribution in [1.29, 1.82) is 0 Å². The third-order valence-electron chi connectivity index (χ3n) is 3.10. The van der Waals surface area contributed by atoms with Crippen LogP contribution in [0.5, 0.6) is 0 Å². The van der Waals surface area contributed by atoms with Gasteiger partial charge in [0.25, 0.3) is 5.91 Å². The van der Waals surface area contributed by atoms with Crippen molar-refractivity contribution in [2.45, 2.75) is 18.9 Å². The molecule has 0 saturated carbocycles. The second-order valence-electron chi connectivity index (χ2n) is 4.65. The minimum Gasteiger partial charge on any atom is -0.386 e. The molecule has 2 N–H and O–H groups in total. The number of aliphatic hydroxyl groups is 1. The molecule has 1 amide bonds. The summed E-state index contributed by atoms with van der Waals surface area (Å²) in [7, 11) is 0. The highest BCUT2D eigenvalue weighted by atomic mass is 127. The average Bonchev–Trinajstić information content (AvgIpc) is 2.77. The maximum absolute atomic E-state index is 12.0. The molecule has 1 aromatic rings. The molecule has 0 spiro atoms. The van der Waals surface area contributed by atoms with Crippen molar-refractivity contribution >= 4 is 28.5 Å². The molecule has 1 heterocycles. The Labute approximate surface area is 120 Å². The quantitative estimate of drug-likeness (QED) is 0.802. The largest absolute Gasteiger partial charge is 0.386 e. The first-order valence-corrected chi connectivity index (χ1v) is 6.93. The third-order valence-corrected chi connectivity index (χ3v) is 4.53. The summed E-state index contributed by atoms with van der Waals surface area (Å²) in [6.45, 7) is 3.04. The van der Waals surface area contributed by atoms with E-state index in [4.69, 9.17) is 4.74 Å². The summed E-state index contributed by atoms with van der Waals surface area (Å²) in [6, 6.07) is 5.62. The molecule has 98 valence electrons. The van der Waals surface area contributed by atoms with Crippen LogP contribution in [0.15, 0.2) is 18.2 Å². The van der Waals surface area contributed by atoms with E-state index in [-0.39, 0.29) is 19.1 Å². The van der Waals surface area contributed by atoms with Gasteiger partial charge in [-0.2, -0.15) is 0 Å².